The lowest BCUT2D eigenvalue weighted by molar-refractivity contribution is 0.296. The molecule has 0 aromatic carbocycles. The van der Waals surface area contributed by atoms with E-state index in [0.717, 1.165) is 17.1 Å². The lowest BCUT2D eigenvalue weighted by Crippen LogP contribution is -1.98. The largest absolute Gasteiger partial charge is 0.497 e. The maximum Gasteiger partial charge on any atom is 0.122 e. The molecule has 2 heterocycles. The number of pyridine rings is 1. The van der Waals surface area contributed by atoms with Crippen LogP contribution in [0, 0.1) is 0 Å². The molecular weight excluding hydrogens is 180 g/mol. The van der Waals surface area contributed by atoms with Crippen LogP contribution in [0.2, 0.25) is 0 Å². The molecule has 0 unspecified atom stereocenters. The second-order valence-corrected chi connectivity index (χ2v) is 3.01. The van der Waals surface area contributed by atoms with Crippen molar-refractivity contribution in [1.29, 1.82) is 0 Å². The van der Waals surface area contributed by atoms with Crippen LogP contribution in [0.15, 0.2) is 24.5 Å². The van der Waals surface area contributed by atoms with Crippen molar-refractivity contribution in [3.63, 3.8) is 0 Å². The molecule has 0 aliphatic rings. The average Bonchev–Trinajstić information content (AvgIpc) is 2.61. The van der Waals surface area contributed by atoms with Gasteiger partial charge in [-0.05, 0) is 6.07 Å². The smallest absolute Gasteiger partial charge is 0.122 e. The van der Waals surface area contributed by atoms with Gasteiger partial charge in [0, 0.05) is 18.7 Å². The first-order valence-electron chi connectivity index (χ1n) is 4.46. The Morgan fingerprint density at radius 3 is 3.14 bits per heavy atom. The van der Waals surface area contributed by atoms with E-state index in [0.29, 0.717) is 6.42 Å². The highest BCUT2D eigenvalue weighted by Crippen LogP contribution is 2.15. The average molecular weight is 192 g/mol. The number of aliphatic hydroxyl groups excluding tert-OH is 1. The summed E-state index contributed by atoms with van der Waals surface area (Å²) in [7, 11) is 1.64. The van der Waals surface area contributed by atoms with Crippen molar-refractivity contribution in [2.45, 2.75) is 6.42 Å². The fourth-order valence-electron chi connectivity index (χ4n) is 1.45. The van der Waals surface area contributed by atoms with Crippen molar-refractivity contribution >= 4 is 5.52 Å². The van der Waals surface area contributed by atoms with Crippen LogP contribution < -0.4 is 4.74 Å². The first kappa shape index (κ1) is 9.02. The van der Waals surface area contributed by atoms with Gasteiger partial charge >= 0.3 is 0 Å². The number of hydrogen-bond donors (Lipinski definition) is 1. The Labute approximate surface area is 81.8 Å². The van der Waals surface area contributed by atoms with E-state index in [1.54, 1.807) is 13.3 Å². The van der Waals surface area contributed by atoms with Crippen molar-refractivity contribution in [3.8, 4) is 5.75 Å². The molecule has 0 atom stereocenters. The molecular formula is C10H12N2O2. The summed E-state index contributed by atoms with van der Waals surface area (Å²) in [6.07, 6.45) is 4.24. The predicted molar refractivity (Wildman–Crippen MR) is 52.5 cm³/mol. The summed E-state index contributed by atoms with van der Waals surface area (Å²) in [5, 5.41) is 8.82. The summed E-state index contributed by atoms with van der Waals surface area (Å²) in [5.41, 5.74) is 0.979. The van der Waals surface area contributed by atoms with Gasteiger partial charge in [0.25, 0.3) is 0 Å². The zero-order valence-corrected chi connectivity index (χ0v) is 7.97. The molecule has 1 N–H and O–H groups in total. The molecule has 0 spiro atoms. The standard InChI is InChI=1S/C10H12N2O2/c1-14-9-2-4-12-8(6-9)7-11-10(12)3-5-13/h2,4,6-7,13H,3,5H2,1H3. The Morgan fingerprint density at radius 2 is 2.43 bits per heavy atom. The summed E-state index contributed by atoms with van der Waals surface area (Å²) in [6.45, 7) is 0.116. The van der Waals surface area contributed by atoms with Gasteiger partial charge in [0.05, 0.1) is 25.4 Å². The van der Waals surface area contributed by atoms with Crippen molar-refractivity contribution in [3.05, 3.63) is 30.4 Å². The van der Waals surface area contributed by atoms with Gasteiger partial charge in [-0.2, -0.15) is 0 Å². The third-order valence-corrected chi connectivity index (χ3v) is 2.15. The number of aromatic nitrogens is 2. The van der Waals surface area contributed by atoms with Crippen LogP contribution in [0.25, 0.3) is 5.52 Å². The van der Waals surface area contributed by atoms with E-state index in [4.69, 9.17) is 9.84 Å². The maximum absolute atomic E-state index is 8.82. The highest BCUT2D eigenvalue weighted by Gasteiger charge is 2.03. The fraction of sp³-hybridized carbons (Fsp3) is 0.300. The topological polar surface area (TPSA) is 46.8 Å². The number of nitrogens with zero attached hydrogens (tertiary/aromatic N) is 2. The monoisotopic (exact) mass is 192 g/mol. The number of aliphatic hydroxyl groups is 1. The molecule has 0 bridgehead atoms. The van der Waals surface area contributed by atoms with Crippen LogP contribution in [-0.2, 0) is 6.42 Å². The summed E-state index contributed by atoms with van der Waals surface area (Å²) in [4.78, 5) is 4.21. The molecule has 0 saturated heterocycles. The minimum atomic E-state index is 0.116. The number of imidazole rings is 1. The molecule has 2 aromatic rings. The Kier molecular flexibility index (Phi) is 2.37. The lowest BCUT2D eigenvalue weighted by Gasteiger charge is -2.01. The van der Waals surface area contributed by atoms with Crippen LogP contribution in [-0.4, -0.2) is 28.2 Å². The van der Waals surface area contributed by atoms with Gasteiger partial charge in [0.15, 0.2) is 0 Å². The van der Waals surface area contributed by atoms with Crippen molar-refractivity contribution in [2.24, 2.45) is 0 Å². The SMILES string of the molecule is COc1ccn2c(CCO)ncc2c1. The Hall–Kier alpha value is -1.55. The van der Waals surface area contributed by atoms with Gasteiger partial charge < -0.3 is 14.2 Å². The number of rotatable bonds is 3. The normalized spacial score (nSPS) is 10.7. The molecule has 2 rings (SSSR count). The number of methoxy groups -OCH3 is 1. The molecule has 74 valence electrons. The zero-order chi connectivity index (χ0) is 9.97. The minimum Gasteiger partial charge on any atom is -0.497 e. The molecule has 4 heteroatoms. The number of ether oxygens (including phenoxy) is 1. The number of fused-ring (bicyclic) bond motifs is 1. The van der Waals surface area contributed by atoms with E-state index in [1.807, 2.05) is 22.7 Å². The van der Waals surface area contributed by atoms with E-state index >= 15 is 0 Å². The van der Waals surface area contributed by atoms with E-state index in [-0.39, 0.29) is 6.61 Å². The first-order valence-corrected chi connectivity index (χ1v) is 4.46. The van der Waals surface area contributed by atoms with Crippen LogP contribution >= 0.6 is 0 Å². The lowest BCUT2D eigenvalue weighted by atomic mass is 10.4. The van der Waals surface area contributed by atoms with Crippen molar-refractivity contribution < 1.29 is 9.84 Å². The van der Waals surface area contributed by atoms with Crippen LogP contribution in [0.4, 0.5) is 0 Å². The second kappa shape index (κ2) is 3.67. The van der Waals surface area contributed by atoms with E-state index < -0.39 is 0 Å². The van der Waals surface area contributed by atoms with Crippen molar-refractivity contribution in [2.75, 3.05) is 13.7 Å². The molecule has 4 nitrogen and oxygen atoms in total. The third kappa shape index (κ3) is 1.44. The Balaban J connectivity index is 2.48. The van der Waals surface area contributed by atoms with E-state index in [2.05, 4.69) is 4.98 Å². The molecule has 0 radical (unpaired) electrons. The van der Waals surface area contributed by atoms with Crippen LogP contribution in [0.1, 0.15) is 5.82 Å². The Bertz CT molecular complexity index is 437. The number of hydrogen-bond acceptors (Lipinski definition) is 3. The van der Waals surface area contributed by atoms with Crippen LogP contribution in [0.5, 0.6) is 5.75 Å². The zero-order valence-electron chi connectivity index (χ0n) is 7.97. The maximum atomic E-state index is 8.82. The van der Waals surface area contributed by atoms with Gasteiger partial charge in [-0.15, -0.1) is 0 Å². The van der Waals surface area contributed by atoms with E-state index in [9.17, 15) is 0 Å². The quantitative estimate of drug-likeness (QED) is 0.785. The Morgan fingerprint density at radius 1 is 1.57 bits per heavy atom. The molecule has 0 saturated carbocycles. The third-order valence-electron chi connectivity index (χ3n) is 2.15. The predicted octanol–water partition coefficient (Wildman–Crippen LogP) is 0.878. The van der Waals surface area contributed by atoms with Gasteiger partial charge in [-0.1, -0.05) is 0 Å². The summed E-state index contributed by atoms with van der Waals surface area (Å²) < 4.78 is 7.04. The molecule has 0 aliphatic heterocycles. The van der Waals surface area contributed by atoms with Crippen LogP contribution in [0.3, 0.4) is 0 Å². The summed E-state index contributed by atoms with van der Waals surface area (Å²) in [6, 6.07) is 3.78. The van der Waals surface area contributed by atoms with Crippen molar-refractivity contribution in [1.82, 2.24) is 9.38 Å². The highest BCUT2D eigenvalue weighted by molar-refractivity contribution is 5.50. The summed E-state index contributed by atoms with van der Waals surface area (Å²) in [5.74, 6) is 1.68. The molecule has 0 amide bonds. The fourth-order valence-corrected chi connectivity index (χ4v) is 1.45. The highest BCUT2D eigenvalue weighted by atomic mass is 16.5. The summed E-state index contributed by atoms with van der Waals surface area (Å²) >= 11 is 0. The minimum absolute atomic E-state index is 0.116. The molecule has 14 heavy (non-hydrogen) atoms. The van der Waals surface area contributed by atoms with Gasteiger partial charge in [-0.3, -0.25) is 0 Å². The van der Waals surface area contributed by atoms with E-state index in [1.165, 1.54) is 0 Å². The van der Waals surface area contributed by atoms with Gasteiger partial charge in [0.2, 0.25) is 0 Å². The first-order chi connectivity index (χ1) is 6.85. The molecule has 0 aliphatic carbocycles. The second-order valence-electron chi connectivity index (χ2n) is 3.01. The van der Waals surface area contributed by atoms with Gasteiger partial charge in [0.1, 0.15) is 11.6 Å². The van der Waals surface area contributed by atoms with Gasteiger partial charge in [-0.25, -0.2) is 4.98 Å². The molecule has 0 fully saturated rings. The molecule has 2 aromatic heterocycles.